The molecule has 5 rings (SSSR count). The summed E-state index contributed by atoms with van der Waals surface area (Å²) in [6.07, 6.45) is 2.13. The van der Waals surface area contributed by atoms with Crippen LogP contribution < -0.4 is 10.2 Å². The Morgan fingerprint density at radius 1 is 0.833 bits per heavy atom. The zero-order chi connectivity index (χ0) is 20.5. The zero-order valence-corrected chi connectivity index (χ0v) is 16.5. The SMILES string of the molecule is O=C1CCCC2=C1C(c1ccccc1)N(C(=O)c1ccccc1)c1ccccc1N2. The van der Waals surface area contributed by atoms with E-state index in [9.17, 15) is 9.59 Å². The third-order valence-corrected chi connectivity index (χ3v) is 5.79. The van der Waals surface area contributed by atoms with E-state index < -0.39 is 6.04 Å². The molecule has 0 radical (unpaired) electrons. The van der Waals surface area contributed by atoms with Gasteiger partial charge in [0.05, 0.1) is 17.4 Å². The molecule has 0 fully saturated rings. The lowest BCUT2D eigenvalue weighted by molar-refractivity contribution is -0.116. The van der Waals surface area contributed by atoms with Crippen LogP contribution in [-0.4, -0.2) is 11.7 Å². The first-order valence-corrected chi connectivity index (χ1v) is 10.3. The molecular weight excluding hydrogens is 372 g/mol. The van der Waals surface area contributed by atoms with Crippen LogP contribution in [0.15, 0.2) is 96.2 Å². The molecule has 1 aliphatic heterocycles. The summed E-state index contributed by atoms with van der Waals surface area (Å²) in [4.78, 5) is 28.8. The van der Waals surface area contributed by atoms with Gasteiger partial charge in [-0.25, -0.2) is 0 Å². The Morgan fingerprint density at radius 2 is 1.50 bits per heavy atom. The van der Waals surface area contributed by atoms with Crippen LogP contribution >= 0.6 is 0 Å². The minimum atomic E-state index is -0.474. The number of hydrogen-bond acceptors (Lipinski definition) is 3. The Morgan fingerprint density at radius 3 is 2.27 bits per heavy atom. The third kappa shape index (κ3) is 3.11. The van der Waals surface area contributed by atoms with Crippen molar-refractivity contribution in [2.45, 2.75) is 25.3 Å². The Hall–Kier alpha value is -3.66. The van der Waals surface area contributed by atoms with E-state index in [0.717, 1.165) is 35.5 Å². The average Bonchev–Trinajstić information content (AvgIpc) is 2.95. The number of anilines is 2. The molecule has 0 saturated heterocycles. The van der Waals surface area contributed by atoms with Crippen molar-refractivity contribution >= 4 is 23.1 Å². The number of carbonyl (C=O) groups is 2. The van der Waals surface area contributed by atoms with Crippen LogP contribution in [0.25, 0.3) is 0 Å². The second-order valence-electron chi connectivity index (χ2n) is 7.67. The maximum atomic E-state index is 13.8. The second kappa shape index (κ2) is 7.64. The van der Waals surface area contributed by atoms with Crippen LogP contribution in [-0.2, 0) is 4.79 Å². The van der Waals surface area contributed by atoms with Crippen LogP contribution in [0.5, 0.6) is 0 Å². The van der Waals surface area contributed by atoms with E-state index >= 15 is 0 Å². The number of nitrogens with one attached hydrogen (secondary N) is 1. The van der Waals surface area contributed by atoms with Crippen molar-refractivity contribution in [2.75, 3.05) is 10.2 Å². The summed E-state index contributed by atoms with van der Waals surface area (Å²) in [5.41, 5.74) is 4.79. The molecule has 30 heavy (non-hydrogen) atoms. The van der Waals surface area contributed by atoms with Crippen molar-refractivity contribution in [1.29, 1.82) is 0 Å². The van der Waals surface area contributed by atoms with Gasteiger partial charge in [0.25, 0.3) is 5.91 Å². The fourth-order valence-corrected chi connectivity index (χ4v) is 4.43. The van der Waals surface area contributed by atoms with Crippen LogP contribution in [0.2, 0.25) is 0 Å². The highest BCUT2D eigenvalue weighted by atomic mass is 16.2. The van der Waals surface area contributed by atoms with E-state index in [1.54, 1.807) is 4.90 Å². The smallest absolute Gasteiger partial charge is 0.259 e. The molecule has 0 bridgehead atoms. The highest BCUT2D eigenvalue weighted by Gasteiger charge is 2.39. The molecule has 2 aliphatic rings. The quantitative estimate of drug-likeness (QED) is 0.624. The van der Waals surface area contributed by atoms with Crippen LogP contribution in [0.3, 0.4) is 0 Å². The molecule has 0 saturated carbocycles. The van der Waals surface area contributed by atoms with Gasteiger partial charge in [0.1, 0.15) is 0 Å². The van der Waals surface area contributed by atoms with Gasteiger partial charge in [-0.3, -0.25) is 14.5 Å². The topological polar surface area (TPSA) is 49.4 Å². The zero-order valence-electron chi connectivity index (χ0n) is 16.5. The molecule has 1 amide bonds. The van der Waals surface area contributed by atoms with E-state index in [4.69, 9.17) is 0 Å². The van der Waals surface area contributed by atoms with Gasteiger partial charge < -0.3 is 5.32 Å². The number of nitrogens with zero attached hydrogens (tertiary/aromatic N) is 1. The standard InChI is InChI=1S/C26H22N2O2/c29-23-17-9-15-21-24(23)25(18-10-3-1-4-11-18)28(22-16-8-7-14-20(22)27-21)26(30)19-12-5-2-6-13-19/h1-8,10-14,16,25,27H,9,15,17H2. The number of rotatable bonds is 2. The number of allylic oxidation sites excluding steroid dienone is 1. The van der Waals surface area contributed by atoms with Gasteiger partial charge in [0.2, 0.25) is 0 Å². The first kappa shape index (κ1) is 18.4. The summed E-state index contributed by atoms with van der Waals surface area (Å²) in [7, 11) is 0. The lowest BCUT2D eigenvalue weighted by Crippen LogP contribution is -2.38. The van der Waals surface area contributed by atoms with E-state index in [1.807, 2.05) is 84.9 Å². The number of amides is 1. The van der Waals surface area contributed by atoms with Gasteiger partial charge >= 0.3 is 0 Å². The van der Waals surface area contributed by atoms with Crippen molar-refractivity contribution in [1.82, 2.24) is 0 Å². The highest BCUT2D eigenvalue weighted by molar-refractivity contribution is 6.11. The normalized spacial score (nSPS) is 18.2. The van der Waals surface area contributed by atoms with Gasteiger partial charge in [-0.2, -0.15) is 0 Å². The summed E-state index contributed by atoms with van der Waals surface area (Å²) < 4.78 is 0. The van der Waals surface area contributed by atoms with Crippen LogP contribution in [0.4, 0.5) is 11.4 Å². The molecule has 1 unspecified atom stereocenters. The van der Waals surface area contributed by atoms with E-state index in [1.165, 1.54) is 0 Å². The first-order valence-electron chi connectivity index (χ1n) is 10.3. The fourth-order valence-electron chi connectivity index (χ4n) is 4.43. The van der Waals surface area contributed by atoms with Crippen molar-refractivity contribution < 1.29 is 9.59 Å². The van der Waals surface area contributed by atoms with E-state index in [0.29, 0.717) is 17.6 Å². The lowest BCUT2D eigenvalue weighted by Gasteiger charge is -2.34. The van der Waals surface area contributed by atoms with Gasteiger partial charge in [-0.05, 0) is 42.7 Å². The van der Waals surface area contributed by atoms with Crippen molar-refractivity contribution in [2.24, 2.45) is 0 Å². The van der Waals surface area contributed by atoms with Gasteiger partial charge in [-0.15, -0.1) is 0 Å². The summed E-state index contributed by atoms with van der Waals surface area (Å²) >= 11 is 0. The molecule has 3 aromatic carbocycles. The van der Waals surface area contributed by atoms with Crippen molar-refractivity contribution in [3.05, 3.63) is 107 Å². The molecule has 1 N–H and O–H groups in total. The number of para-hydroxylation sites is 2. The maximum absolute atomic E-state index is 13.8. The Balaban J connectivity index is 1.78. The molecule has 4 heteroatoms. The lowest BCUT2D eigenvalue weighted by atomic mass is 9.85. The van der Waals surface area contributed by atoms with E-state index in [-0.39, 0.29) is 11.7 Å². The molecule has 4 nitrogen and oxygen atoms in total. The molecule has 1 heterocycles. The summed E-state index contributed by atoms with van der Waals surface area (Å²) in [6, 6.07) is 26.5. The average molecular weight is 394 g/mol. The molecule has 1 aliphatic carbocycles. The molecule has 0 aromatic heterocycles. The minimum absolute atomic E-state index is 0.108. The molecule has 148 valence electrons. The minimum Gasteiger partial charge on any atom is -0.357 e. The highest BCUT2D eigenvalue weighted by Crippen LogP contribution is 2.45. The van der Waals surface area contributed by atoms with Gasteiger partial charge in [0, 0.05) is 23.3 Å². The van der Waals surface area contributed by atoms with Gasteiger partial charge in [0.15, 0.2) is 5.78 Å². The Labute approximate surface area is 175 Å². The molecule has 0 spiro atoms. The van der Waals surface area contributed by atoms with E-state index in [2.05, 4.69) is 5.32 Å². The number of benzene rings is 3. The largest absolute Gasteiger partial charge is 0.357 e. The van der Waals surface area contributed by atoms with Crippen LogP contribution in [0.1, 0.15) is 41.2 Å². The third-order valence-electron chi connectivity index (χ3n) is 5.79. The summed E-state index contributed by atoms with van der Waals surface area (Å²) in [6.45, 7) is 0. The molecule has 1 atom stereocenters. The van der Waals surface area contributed by atoms with Crippen molar-refractivity contribution in [3.63, 3.8) is 0 Å². The Bertz CT molecular complexity index is 1140. The number of ketones is 1. The number of Topliss-reactive ketones (excluding diaryl/α,β-unsaturated/α-hetero) is 1. The van der Waals surface area contributed by atoms with Gasteiger partial charge in [-0.1, -0.05) is 60.7 Å². The predicted octanol–water partition coefficient (Wildman–Crippen LogP) is 5.51. The van der Waals surface area contributed by atoms with Crippen LogP contribution in [0, 0.1) is 0 Å². The summed E-state index contributed by atoms with van der Waals surface area (Å²) in [5.74, 6) is -0.0119. The number of carbonyl (C=O) groups excluding carboxylic acids is 2. The maximum Gasteiger partial charge on any atom is 0.259 e. The second-order valence-corrected chi connectivity index (χ2v) is 7.67. The Kier molecular flexibility index (Phi) is 4.68. The monoisotopic (exact) mass is 394 g/mol. The molecule has 3 aromatic rings. The number of fused-ring (bicyclic) bond motifs is 1. The summed E-state index contributed by atoms with van der Waals surface area (Å²) in [5, 5.41) is 3.49. The molecular formula is C26H22N2O2. The first-order chi connectivity index (χ1) is 14.7. The predicted molar refractivity (Wildman–Crippen MR) is 118 cm³/mol. The number of hydrogen-bond donors (Lipinski definition) is 1. The fraction of sp³-hybridized carbons (Fsp3) is 0.154. The van der Waals surface area contributed by atoms with Crippen molar-refractivity contribution in [3.8, 4) is 0 Å².